The summed E-state index contributed by atoms with van der Waals surface area (Å²) in [6.07, 6.45) is 1.97. The Hall–Kier alpha value is -0.960. The largest absolute Gasteiger partial charge is 0.550 e. The Labute approximate surface area is 75.6 Å². The molecule has 0 radical (unpaired) electrons. The number of benzene rings is 1. The average Bonchev–Trinajstić information content (AvgIpc) is 2.05. The van der Waals surface area contributed by atoms with Gasteiger partial charge in [0.1, 0.15) is 0 Å². The monoisotopic (exact) mass is 181 g/mol. The Morgan fingerprint density at radius 2 is 2.00 bits per heavy atom. The Balaban J connectivity index is 2.71. The Morgan fingerprint density at radius 1 is 1.42 bits per heavy atom. The highest BCUT2D eigenvalue weighted by molar-refractivity contribution is 7.98. The molecule has 1 aromatic carbocycles. The van der Waals surface area contributed by atoms with Crippen LogP contribution < -0.4 is 5.11 Å². The molecule has 0 spiro atoms. The molecule has 0 heterocycles. The van der Waals surface area contributed by atoms with Gasteiger partial charge in [-0.15, -0.1) is 11.8 Å². The predicted molar refractivity (Wildman–Crippen MR) is 46.9 cm³/mol. The molecule has 64 valence electrons. The summed E-state index contributed by atoms with van der Waals surface area (Å²) in [6, 6.07) is 7.43. The second kappa shape index (κ2) is 4.16. The fraction of sp³-hybridized carbons (Fsp3) is 0.222. The van der Waals surface area contributed by atoms with Crippen LogP contribution in [0.1, 0.15) is 5.56 Å². The van der Waals surface area contributed by atoms with E-state index in [0.717, 1.165) is 10.5 Å². The molecule has 1 rings (SSSR count). The third-order valence-corrected chi connectivity index (χ3v) is 2.25. The van der Waals surface area contributed by atoms with Gasteiger partial charge in [-0.3, -0.25) is 0 Å². The van der Waals surface area contributed by atoms with E-state index in [1.807, 2.05) is 30.5 Å². The molecule has 0 saturated heterocycles. The Kier molecular flexibility index (Phi) is 3.17. The summed E-state index contributed by atoms with van der Waals surface area (Å²) in [5.41, 5.74) is 0.785. The normalized spacial score (nSPS) is 9.75. The van der Waals surface area contributed by atoms with Crippen LogP contribution in [0.2, 0.25) is 0 Å². The lowest BCUT2D eigenvalue weighted by Crippen LogP contribution is -2.24. The number of thioether (sulfide) groups is 1. The molecule has 0 unspecified atom stereocenters. The number of carbonyl (C=O) groups excluding carboxylic acids is 1. The van der Waals surface area contributed by atoms with Gasteiger partial charge in [0.2, 0.25) is 0 Å². The van der Waals surface area contributed by atoms with Crippen molar-refractivity contribution in [2.24, 2.45) is 0 Å². The van der Waals surface area contributed by atoms with Crippen molar-refractivity contribution in [2.45, 2.75) is 11.3 Å². The van der Waals surface area contributed by atoms with E-state index in [9.17, 15) is 9.90 Å². The number of hydrogen-bond acceptors (Lipinski definition) is 3. The van der Waals surface area contributed by atoms with Gasteiger partial charge in [0.05, 0.1) is 0 Å². The van der Waals surface area contributed by atoms with E-state index in [4.69, 9.17) is 0 Å². The van der Waals surface area contributed by atoms with Gasteiger partial charge < -0.3 is 9.90 Å². The second-order valence-electron chi connectivity index (χ2n) is 2.40. The van der Waals surface area contributed by atoms with E-state index >= 15 is 0 Å². The molecule has 0 aliphatic rings. The van der Waals surface area contributed by atoms with Crippen LogP contribution in [0.15, 0.2) is 29.2 Å². The summed E-state index contributed by atoms with van der Waals surface area (Å²) >= 11 is 1.63. The van der Waals surface area contributed by atoms with Crippen molar-refractivity contribution >= 4 is 17.7 Å². The van der Waals surface area contributed by atoms with Crippen LogP contribution in [0.3, 0.4) is 0 Å². The molecule has 0 aliphatic carbocycles. The highest BCUT2D eigenvalue weighted by atomic mass is 32.2. The van der Waals surface area contributed by atoms with Gasteiger partial charge in [0, 0.05) is 17.3 Å². The van der Waals surface area contributed by atoms with Gasteiger partial charge in [-0.05, 0) is 24.0 Å². The molecule has 1 aromatic rings. The molecular weight excluding hydrogens is 172 g/mol. The van der Waals surface area contributed by atoms with Crippen LogP contribution >= 0.6 is 11.8 Å². The molecule has 0 aliphatic heterocycles. The molecule has 0 saturated carbocycles. The van der Waals surface area contributed by atoms with Crippen molar-refractivity contribution in [3.63, 3.8) is 0 Å². The van der Waals surface area contributed by atoms with Crippen molar-refractivity contribution < 1.29 is 9.90 Å². The van der Waals surface area contributed by atoms with E-state index in [2.05, 4.69) is 0 Å². The zero-order valence-electron chi connectivity index (χ0n) is 6.74. The van der Waals surface area contributed by atoms with Crippen LogP contribution in [-0.2, 0) is 11.2 Å². The quantitative estimate of drug-likeness (QED) is 0.644. The smallest absolute Gasteiger partial charge is 0.0458 e. The van der Waals surface area contributed by atoms with Crippen LogP contribution in [0.5, 0.6) is 0 Å². The fourth-order valence-corrected chi connectivity index (χ4v) is 1.32. The van der Waals surface area contributed by atoms with Crippen LogP contribution in [0.4, 0.5) is 0 Å². The number of carboxylic acid groups (broad SMARTS) is 1. The molecular formula is C9H9O2S-. The summed E-state index contributed by atoms with van der Waals surface area (Å²) in [5.74, 6) is -1.04. The number of hydrogen-bond donors (Lipinski definition) is 0. The molecule has 0 aromatic heterocycles. The number of aliphatic carboxylic acids is 1. The van der Waals surface area contributed by atoms with E-state index in [0.29, 0.717) is 0 Å². The first-order valence-electron chi connectivity index (χ1n) is 3.55. The van der Waals surface area contributed by atoms with Crippen LogP contribution in [0.25, 0.3) is 0 Å². The van der Waals surface area contributed by atoms with E-state index in [-0.39, 0.29) is 6.42 Å². The maximum absolute atomic E-state index is 10.2. The highest BCUT2D eigenvalue weighted by Gasteiger charge is 1.93. The minimum absolute atomic E-state index is 0.00530. The maximum Gasteiger partial charge on any atom is 0.0458 e. The minimum atomic E-state index is -1.04. The third kappa shape index (κ3) is 2.58. The van der Waals surface area contributed by atoms with Gasteiger partial charge in [0.15, 0.2) is 0 Å². The first kappa shape index (κ1) is 9.13. The molecule has 3 heteroatoms. The van der Waals surface area contributed by atoms with Crippen molar-refractivity contribution in [3.8, 4) is 0 Å². The molecule has 2 nitrogen and oxygen atoms in total. The van der Waals surface area contributed by atoms with Crippen LogP contribution in [-0.4, -0.2) is 12.2 Å². The second-order valence-corrected chi connectivity index (χ2v) is 3.28. The molecule has 0 amide bonds. The zero-order chi connectivity index (χ0) is 8.97. The number of rotatable bonds is 3. The highest BCUT2D eigenvalue weighted by Crippen LogP contribution is 2.14. The summed E-state index contributed by atoms with van der Waals surface area (Å²) in [4.78, 5) is 11.3. The molecule has 0 fully saturated rings. The lowest BCUT2D eigenvalue weighted by atomic mass is 10.2. The van der Waals surface area contributed by atoms with E-state index in [1.54, 1.807) is 11.8 Å². The topological polar surface area (TPSA) is 40.1 Å². The van der Waals surface area contributed by atoms with Gasteiger partial charge in [0.25, 0.3) is 0 Å². The first-order chi connectivity index (χ1) is 5.72. The van der Waals surface area contributed by atoms with E-state index < -0.39 is 5.97 Å². The molecule has 0 bridgehead atoms. The minimum Gasteiger partial charge on any atom is -0.550 e. The lowest BCUT2D eigenvalue weighted by Gasteiger charge is -2.02. The Bertz CT molecular complexity index is 266. The third-order valence-electron chi connectivity index (χ3n) is 1.51. The molecule has 0 N–H and O–H groups in total. The SMILES string of the molecule is CSc1ccc(CC(=O)[O-])cc1. The summed E-state index contributed by atoms with van der Waals surface area (Å²) in [6.45, 7) is 0. The predicted octanol–water partition coefficient (Wildman–Crippen LogP) is 0.701. The summed E-state index contributed by atoms with van der Waals surface area (Å²) < 4.78 is 0. The van der Waals surface area contributed by atoms with Crippen molar-refractivity contribution in [1.29, 1.82) is 0 Å². The maximum atomic E-state index is 10.2. The zero-order valence-corrected chi connectivity index (χ0v) is 7.56. The fourth-order valence-electron chi connectivity index (χ4n) is 0.910. The van der Waals surface area contributed by atoms with Crippen molar-refractivity contribution in [3.05, 3.63) is 29.8 Å². The lowest BCUT2D eigenvalue weighted by molar-refractivity contribution is -0.304. The summed E-state index contributed by atoms with van der Waals surface area (Å²) in [7, 11) is 0. The van der Waals surface area contributed by atoms with Gasteiger partial charge >= 0.3 is 0 Å². The summed E-state index contributed by atoms with van der Waals surface area (Å²) in [5, 5.41) is 10.2. The Morgan fingerprint density at radius 3 is 2.42 bits per heavy atom. The average molecular weight is 181 g/mol. The standard InChI is InChI=1S/C9H10O2S/c1-12-8-4-2-7(3-5-8)6-9(10)11/h2-5H,6H2,1H3,(H,10,11)/p-1. The molecule has 12 heavy (non-hydrogen) atoms. The number of carbonyl (C=O) groups is 1. The van der Waals surface area contributed by atoms with Gasteiger partial charge in [-0.2, -0.15) is 0 Å². The number of carboxylic acids is 1. The van der Waals surface area contributed by atoms with Gasteiger partial charge in [-0.25, -0.2) is 0 Å². The van der Waals surface area contributed by atoms with Crippen molar-refractivity contribution in [1.82, 2.24) is 0 Å². The van der Waals surface area contributed by atoms with Crippen molar-refractivity contribution in [2.75, 3.05) is 6.26 Å². The van der Waals surface area contributed by atoms with Gasteiger partial charge in [-0.1, -0.05) is 12.1 Å². The van der Waals surface area contributed by atoms with E-state index in [1.165, 1.54) is 0 Å². The van der Waals surface area contributed by atoms with Crippen LogP contribution in [0, 0.1) is 0 Å². The first-order valence-corrected chi connectivity index (χ1v) is 4.77. The molecule has 0 atom stereocenters.